The molecule has 0 saturated carbocycles. The summed E-state index contributed by atoms with van der Waals surface area (Å²) < 4.78 is 4.89. The van der Waals surface area contributed by atoms with Crippen LogP contribution >= 0.6 is 0 Å². The maximum Gasteiger partial charge on any atom is 0.348 e. The van der Waals surface area contributed by atoms with Gasteiger partial charge in [0.15, 0.2) is 11.7 Å². The van der Waals surface area contributed by atoms with Crippen molar-refractivity contribution in [2.45, 2.75) is 19.1 Å². The summed E-state index contributed by atoms with van der Waals surface area (Å²) in [5.74, 6) is -1.25. The van der Waals surface area contributed by atoms with Gasteiger partial charge in [-0.15, -0.1) is 0 Å². The molecule has 0 spiro atoms. The number of urea groups is 1. The molecule has 0 unspecified atom stereocenters. The molecule has 11 heteroatoms. The van der Waals surface area contributed by atoms with Crippen molar-refractivity contribution in [2.75, 3.05) is 12.4 Å². The number of hydrogen-bond acceptors (Lipinski definition) is 6. The molecular weight excluding hydrogens is 296 g/mol. The molecule has 0 aliphatic carbocycles. The van der Waals surface area contributed by atoms with Crippen LogP contribution in [0.25, 0.3) is 11.2 Å². The second-order valence-corrected chi connectivity index (χ2v) is 4.37. The number of aliphatic carboxylic acids is 1. The first-order valence-corrected chi connectivity index (χ1v) is 6.19. The largest absolute Gasteiger partial charge is 0.480 e. The number of carboxylic acids is 1. The van der Waals surface area contributed by atoms with Crippen LogP contribution in [0.1, 0.15) is 6.92 Å². The molecule has 2 atom stereocenters. The van der Waals surface area contributed by atoms with Crippen LogP contribution < -0.4 is 16.3 Å². The number of carbonyl (C=O) groups is 2. The minimum Gasteiger partial charge on any atom is -0.480 e. The molecule has 0 saturated heterocycles. The Bertz CT molecular complexity index is 753. The molecule has 0 aromatic carbocycles. The number of carbonyl (C=O) groups excluding carboxylic acids is 1. The number of anilines is 1. The predicted octanol–water partition coefficient (Wildman–Crippen LogP) is -0.744. The maximum absolute atomic E-state index is 11.9. The number of hydrogen-bond donors (Lipinski definition) is 5. The molecule has 5 N–H and O–H groups in total. The molecule has 0 fully saturated rings. The van der Waals surface area contributed by atoms with Crippen LogP contribution in [-0.4, -0.2) is 56.3 Å². The summed E-state index contributed by atoms with van der Waals surface area (Å²) in [7, 11) is 1.33. The summed E-state index contributed by atoms with van der Waals surface area (Å²) in [5.41, 5.74) is -0.257. The lowest BCUT2D eigenvalue weighted by molar-refractivity contribution is -0.142. The Morgan fingerprint density at radius 3 is 2.82 bits per heavy atom. The lowest BCUT2D eigenvalue weighted by atomic mass is 10.2. The first-order valence-electron chi connectivity index (χ1n) is 6.19. The molecule has 0 aliphatic heterocycles. The third-order valence-electron chi connectivity index (χ3n) is 2.93. The number of aromatic nitrogens is 4. The van der Waals surface area contributed by atoms with Crippen LogP contribution in [0.2, 0.25) is 0 Å². The molecule has 0 aliphatic rings. The Hall–Kier alpha value is -2.95. The van der Waals surface area contributed by atoms with Gasteiger partial charge < -0.3 is 20.1 Å². The highest BCUT2D eigenvalue weighted by Gasteiger charge is 2.26. The molecule has 2 rings (SSSR count). The molecule has 2 aromatic heterocycles. The molecule has 0 radical (unpaired) electrons. The number of carboxylic acid groups (broad SMARTS) is 1. The van der Waals surface area contributed by atoms with Gasteiger partial charge >= 0.3 is 17.7 Å². The van der Waals surface area contributed by atoms with E-state index in [-0.39, 0.29) is 17.0 Å². The van der Waals surface area contributed by atoms with E-state index in [0.29, 0.717) is 0 Å². The van der Waals surface area contributed by atoms with E-state index in [0.717, 1.165) is 0 Å². The fourth-order valence-electron chi connectivity index (χ4n) is 1.75. The van der Waals surface area contributed by atoms with Crippen molar-refractivity contribution in [1.82, 2.24) is 25.3 Å². The second-order valence-electron chi connectivity index (χ2n) is 4.37. The van der Waals surface area contributed by atoms with Crippen molar-refractivity contribution >= 4 is 29.0 Å². The van der Waals surface area contributed by atoms with E-state index in [9.17, 15) is 14.4 Å². The summed E-state index contributed by atoms with van der Waals surface area (Å²) in [5, 5.41) is 13.6. The Kier molecular flexibility index (Phi) is 4.36. The lowest BCUT2D eigenvalue weighted by Crippen LogP contribution is -2.49. The summed E-state index contributed by atoms with van der Waals surface area (Å²) in [6.07, 6.45) is 0.561. The van der Waals surface area contributed by atoms with E-state index in [4.69, 9.17) is 9.84 Å². The summed E-state index contributed by atoms with van der Waals surface area (Å²) in [6.45, 7) is 1.50. The third kappa shape index (κ3) is 3.20. The minimum atomic E-state index is -1.26. The van der Waals surface area contributed by atoms with Crippen LogP contribution in [0.15, 0.2) is 11.1 Å². The fraction of sp³-hybridized carbons (Fsp3) is 0.364. The van der Waals surface area contributed by atoms with Gasteiger partial charge in [-0.3, -0.25) is 10.3 Å². The van der Waals surface area contributed by atoms with Crippen LogP contribution in [-0.2, 0) is 9.53 Å². The van der Waals surface area contributed by atoms with Crippen molar-refractivity contribution in [3.63, 3.8) is 0 Å². The fourth-order valence-corrected chi connectivity index (χ4v) is 1.75. The Balaban J connectivity index is 2.18. The van der Waals surface area contributed by atoms with Gasteiger partial charge in [0.25, 0.3) is 0 Å². The third-order valence-corrected chi connectivity index (χ3v) is 2.93. The average molecular weight is 310 g/mol. The maximum atomic E-state index is 11.9. The summed E-state index contributed by atoms with van der Waals surface area (Å²) >= 11 is 0. The summed E-state index contributed by atoms with van der Waals surface area (Å²) in [4.78, 5) is 46.8. The van der Waals surface area contributed by atoms with E-state index in [2.05, 4.69) is 30.6 Å². The molecule has 11 nitrogen and oxygen atoms in total. The van der Waals surface area contributed by atoms with Crippen molar-refractivity contribution in [2.24, 2.45) is 0 Å². The first-order chi connectivity index (χ1) is 10.4. The van der Waals surface area contributed by atoms with Gasteiger partial charge in [0.05, 0.1) is 12.4 Å². The number of nitrogens with zero attached hydrogens (tertiary/aromatic N) is 2. The minimum absolute atomic E-state index is 0.00274. The van der Waals surface area contributed by atoms with Gasteiger partial charge in [-0.25, -0.2) is 19.4 Å². The Morgan fingerprint density at radius 1 is 1.45 bits per heavy atom. The topological polar surface area (TPSA) is 162 Å². The van der Waals surface area contributed by atoms with Gasteiger partial charge in [-0.1, -0.05) is 0 Å². The standard InChI is InChI=1S/C11H14N6O5/c1-4(22-2)5(9(18)19)14-10(20)16-8-6-7(13-3-12-6)15-11(21)17-8/h3-5H,1-2H3,(H,18,19)(H4,12,13,14,15,16,17,20,21)/t4-,5+/m1/s1. The zero-order valence-corrected chi connectivity index (χ0v) is 11.7. The second kappa shape index (κ2) is 6.22. The number of H-pyrrole nitrogens is 2. The molecule has 2 aromatic rings. The SMILES string of the molecule is CO[C@H](C)[C@H](NC(=O)Nc1[nH]c(=O)nc2[nH]cnc12)C(=O)O. The average Bonchev–Trinajstić information content (AvgIpc) is 2.91. The summed E-state index contributed by atoms with van der Waals surface area (Å²) in [6, 6.07) is -2.09. The molecular formula is C11H14N6O5. The van der Waals surface area contributed by atoms with Crippen molar-refractivity contribution in [3.05, 3.63) is 16.8 Å². The van der Waals surface area contributed by atoms with Crippen LogP contribution in [0.4, 0.5) is 10.6 Å². The van der Waals surface area contributed by atoms with Gasteiger partial charge in [0.2, 0.25) is 0 Å². The highest BCUT2D eigenvalue weighted by Crippen LogP contribution is 2.12. The van der Waals surface area contributed by atoms with Gasteiger partial charge in [-0.05, 0) is 6.92 Å². The van der Waals surface area contributed by atoms with Gasteiger partial charge in [-0.2, -0.15) is 4.98 Å². The molecule has 2 amide bonds. The first kappa shape index (κ1) is 15.4. The molecule has 2 heterocycles. The predicted molar refractivity (Wildman–Crippen MR) is 74.6 cm³/mol. The van der Waals surface area contributed by atoms with Crippen LogP contribution in [0, 0.1) is 0 Å². The monoisotopic (exact) mass is 310 g/mol. The normalized spacial score (nSPS) is 13.5. The zero-order valence-electron chi connectivity index (χ0n) is 11.7. The van der Waals surface area contributed by atoms with Crippen LogP contribution in [0.5, 0.6) is 0 Å². The van der Waals surface area contributed by atoms with Crippen molar-refractivity contribution in [1.29, 1.82) is 0 Å². The quantitative estimate of drug-likeness (QED) is 0.485. The van der Waals surface area contributed by atoms with E-state index >= 15 is 0 Å². The van der Waals surface area contributed by atoms with Crippen LogP contribution in [0.3, 0.4) is 0 Å². The highest BCUT2D eigenvalue weighted by molar-refractivity contribution is 5.97. The van der Waals surface area contributed by atoms with E-state index in [1.807, 2.05) is 0 Å². The zero-order chi connectivity index (χ0) is 16.3. The number of methoxy groups -OCH3 is 1. The van der Waals surface area contributed by atoms with E-state index in [1.165, 1.54) is 20.4 Å². The highest BCUT2D eigenvalue weighted by atomic mass is 16.5. The number of imidazole rings is 1. The number of amides is 2. The number of ether oxygens (including phenoxy) is 1. The Labute approximate surface area is 123 Å². The molecule has 0 bridgehead atoms. The number of rotatable bonds is 5. The van der Waals surface area contributed by atoms with Gasteiger partial charge in [0.1, 0.15) is 11.3 Å². The number of aromatic amines is 2. The van der Waals surface area contributed by atoms with E-state index < -0.39 is 29.8 Å². The smallest absolute Gasteiger partial charge is 0.348 e. The van der Waals surface area contributed by atoms with E-state index in [1.54, 1.807) is 0 Å². The van der Waals surface area contributed by atoms with Gasteiger partial charge in [0, 0.05) is 7.11 Å². The van der Waals surface area contributed by atoms with Crippen molar-refractivity contribution < 1.29 is 19.4 Å². The molecule has 118 valence electrons. The lowest BCUT2D eigenvalue weighted by Gasteiger charge is -2.20. The number of fused-ring (bicyclic) bond motifs is 1. The molecule has 22 heavy (non-hydrogen) atoms. The Morgan fingerprint density at radius 2 is 2.18 bits per heavy atom. The number of nitrogens with one attached hydrogen (secondary N) is 4. The van der Waals surface area contributed by atoms with Crippen molar-refractivity contribution in [3.8, 4) is 0 Å².